The van der Waals surface area contributed by atoms with Crippen molar-refractivity contribution < 1.29 is 26.8 Å². The molecule has 5 rings (SSSR count). The van der Waals surface area contributed by atoms with E-state index in [1.165, 1.54) is 27.1 Å². The minimum absolute atomic E-state index is 0.0686. The Hall–Kier alpha value is -3.18. The molecular weight excluding hydrogens is 501 g/mol. The number of likely N-dealkylation sites (tertiary alicyclic amines) is 1. The number of ether oxygens (including phenoxy) is 1. The monoisotopic (exact) mass is 531 g/mol. The fourth-order valence-corrected chi connectivity index (χ4v) is 6.68. The van der Waals surface area contributed by atoms with E-state index in [2.05, 4.69) is 0 Å². The van der Waals surface area contributed by atoms with E-state index in [0.29, 0.717) is 44.0 Å². The van der Waals surface area contributed by atoms with Crippen molar-refractivity contribution in [3.05, 3.63) is 58.8 Å². The van der Waals surface area contributed by atoms with Crippen LogP contribution in [0.1, 0.15) is 25.7 Å². The van der Waals surface area contributed by atoms with Crippen molar-refractivity contribution in [2.45, 2.75) is 30.6 Å². The molecule has 2 aromatic carbocycles. The molecule has 0 N–H and O–H groups in total. The van der Waals surface area contributed by atoms with Crippen LogP contribution in [0.5, 0.6) is 5.75 Å². The summed E-state index contributed by atoms with van der Waals surface area (Å²) >= 11 is 0. The molecule has 2 saturated heterocycles. The molecule has 0 saturated carbocycles. The number of carbonyl (C=O) groups excluding carboxylic acids is 1. The highest BCUT2D eigenvalue weighted by molar-refractivity contribution is 7.89. The van der Waals surface area contributed by atoms with E-state index >= 15 is 0 Å². The zero-order valence-electron chi connectivity index (χ0n) is 20.6. The molecule has 0 radical (unpaired) electrons. The maximum atomic E-state index is 13.7. The van der Waals surface area contributed by atoms with Gasteiger partial charge >= 0.3 is 5.76 Å². The molecule has 0 aliphatic carbocycles. The number of para-hydroxylation sites is 1. The van der Waals surface area contributed by atoms with Crippen LogP contribution in [0.25, 0.3) is 11.1 Å². The van der Waals surface area contributed by atoms with Crippen molar-refractivity contribution in [2.24, 2.45) is 18.9 Å². The summed E-state index contributed by atoms with van der Waals surface area (Å²) in [5, 5.41) is 0. The van der Waals surface area contributed by atoms with E-state index in [9.17, 15) is 22.4 Å². The summed E-state index contributed by atoms with van der Waals surface area (Å²) in [7, 11) is -2.21. The molecule has 0 spiro atoms. The van der Waals surface area contributed by atoms with Gasteiger partial charge in [0.05, 0.1) is 17.0 Å². The van der Waals surface area contributed by atoms with Gasteiger partial charge in [0, 0.05) is 45.2 Å². The summed E-state index contributed by atoms with van der Waals surface area (Å²) in [5.74, 6) is -0.541. The van der Waals surface area contributed by atoms with Crippen LogP contribution in [0, 0.1) is 17.7 Å². The molecule has 198 valence electrons. The average molecular weight is 532 g/mol. The highest BCUT2D eigenvalue weighted by atomic mass is 32.2. The van der Waals surface area contributed by atoms with Crippen molar-refractivity contribution >= 4 is 27.0 Å². The first kappa shape index (κ1) is 25.5. The topological polar surface area (TPSA) is 102 Å². The van der Waals surface area contributed by atoms with Gasteiger partial charge in [0.15, 0.2) is 17.1 Å². The summed E-state index contributed by atoms with van der Waals surface area (Å²) in [6.07, 6.45) is 2.52. The van der Waals surface area contributed by atoms with Gasteiger partial charge in [-0.1, -0.05) is 12.1 Å². The molecule has 1 amide bonds. The van der Waals surface area contributed by atoms with Gasteiger partial charge in [-0.3, -0.25) is 9.36 Å². The van der Waals surface area contributed by atoms with Crippen LogP contribution in [0.4, 0.5) is 4.39 Å². The smallest absolute Gasteiger partial charge is 0.419 e. The van der Waals surface area contributed by atoms with E-state index in [1.807, 2.05) is 4.90 Å². The lowest BCUT2D eigenvalue weighted by Gasteiger charge is -2.32. The number of rotatable bonds is 7. The molecule has 3 aromatic rings. The van der Waals surface area contributed by atoms with Gasteiger partial charge < -0.3 is 14.1 Å². The predicted octanol–water partition coefficient (Wildman–Crippen LogP) is 2.99. The van der Waals surface area contributed by atoms with Gasteiger partial charge in [-0.25, -0.2) is 17.6 Å². The van der Waals surface area contributed by atoms with Crippen LogP contribution in [0.3, 0.4) is 0 Å². The number of aromatic nitrogens is 1. The van der Waals surface area contributed by atoms with Crippen LogP contribution in [0.2, 0.25) is 0 Å². The Morgan fingerprint density at radius 1 is 1.11 bits per heavy atom. The lowest BCUT2D eigenvalue weighted by molar-refractivity contribution is -0.135. The van der Waals surface area contributed by atoms with Crippen molar-refractivity contribution in [1.82, 2.24) is 13.8 Å². The number of aryl methyl sites for hydroxylation is 1. The Morgan fingerprint density at radius 3 is 2.62 bits per heavy atom. The van der Waals surface area contributed by atoms with Crippen LogP contribution < -0.4 is 10.5 Å². The quantitative estimate of drug-likeness (QED) is 0.465. The Labute approximate surface area is 214 Å². The number of hydrogen-bond donors (Lipinski definition) is 0. The fraction of sp³-hybridized carbons (Fsp3) is 0.462. The van der Waals surface area contributed by atoms with Crippen molar-refractivity contribution in [3.63, 3.8) is 0 Å². The fourth-order valence-electron chi connectivity index (χ4n) is 5.19. The summed E-state index contributed by atoms with van der Waals surface area (Å²) in [5.41, 5.74) is 0.748. The van der Waals surface area contributed by atoms with E-state index < -0.39 is 15.8 Å². The highest BCUT2D eigenvalue weighted by Crippen LogP contribution is 2.29. The van der Waals surface area contributed by atoms with Crippen LogP contribution in [-0.4, -0.2) is 60.9 Å². The summed E-state index contributed by atoms with van der Waals surface area (Å²) in [6, 6.07) is 10.7. The zero-order chi connectivity index (χ0) is 26.2. The lowest BCUT2D eigenvalue weighted by Crippen LogP contribution is -2.43. The van der Waals surface area contributed by atoms with Gasteiger partial charge in [-0.05, 0) is 55.9 Å². The van der Waals surface area contributed by atoms with Gasteiger partial charge in [-0.2, -0.15) is 4.31 Å². The van der Waals surface area contributed by atoms with Crippen LogP contribution in [0.15, 0.2) is 56.6 Å². The lowest BCUT2D eigenvalue weighted by atomic mass is 9.96. The first-order valence-corrected chi connectivity index (χ1v) is 13.9. The second-order valence-electron chi connectivity index (χ2n) is 9.74. The molecule has 3 heterocycles. The molecule has 1 aromatic heterocycles. The summed E-state index contributed by atoms with van der Waals surface area (Å²) in [6.45, 7) is 2.21. The second-order valence-corrected chi connectivity index (χ2v) is 11.7. The number of fused-ring (bicyclic) bond motifs is 1. The normalized spacial score (nSPS) is 19.5. The molecule has 11 heteroatoms. The summed E-state index contributed by atoms with van der Waals surface area (Å²) in [4.78, 5) is 26.8. The number of amides is 1. The third-order valence-electron chi connectivity index (χ3n) is 7.42. The van der Waals surface area contributed by atoms with Gasteiger partial charge in [0.1, 0.15) is 0 Å². The maximum Gasteiger partial charge on any atom is 0.419 e. The Morgan fingerprint density at radius 2 is 1.86 bits per heavy atom. The first-order chi connectivity index (χ1) is 17.7. The molecular formula is C26H30FN3O6S. The first-order valence-electron chi connectivity index (χ1n) is 12.5. The zero-order valence-corrected chi connectivity index (χ0v) is 21.5. The van der Waals surface area contributed by atoms with E-state index in [-0.39, 0.29) is 47.0 Å². The van der Waals surface area contributed by atoms with Gasteiger partial charge in [0.2, 0.25) is 15.9 Å². The number of oxazole rings is 1. The Bertz CT molecular complexity index is 1460. The number of halogens is 1. The standard InChI is InChI=1S/C26H30FN3O6S/c1-28-22-7-6-20(16-24(22)36-26(28)32)37(33,34)30-13-9-19(10-14-30)25(31)29-12-8-18(17-29)11-15-35-23-5-3-2-4-21(23)27/h2-7,16,18-19H,8-15,17H2,1H3. The van der Waals surface area contributed by atoms with Crippen molar-refractivity contribution in [1.29, 1.82) is 0 Å². The largest absolute Gasteiger partial charge is 0.491 e. The van der Waals surface area contributed by atoms with E-state index in [1.54, 1.807) is 31.3 Å². The number of carbonyl (C=O) groups is 1. The number of hydrogen-bond acceptors (Lipinski definition) is 6. The molecule has 9 nitrogen and oxygen atoms in total. The Kier molecular flexibility index (Phi) is 7.09. The molecule has 1 atom stereocenters. The molecule has 2 fully saturated rings. The minimum atomic E-state index is -3.77. The number of benzene rings is 2. The Balaban J connectivity index is 1.13. The van der Waals surface area contributed by atoms with Gasteiger partial charge in [0.25, 0.3) is 0 Å². The molecule has 2 aliphatic rings. The number of sulfonamides is 1. The van der Waals surface area contributed by atoms with Crippen molar-refractivity contribution in [2.75, 3.05) is 32.8 Å². The summed E-state index contributed by atoms with van der Waals surface area (Å²) < 4.78 is 53.5. The predicted molar refractivity (Wildman–Crippen MR) is 134 cm³/mol. The molecule has 37 heavy (non-hydrogen) atoms. The van der Waals surface area contributed by atoms with Crippen molar-refractivity contribution in [3.8, 4) is 5.75 Å². The van der Waals surface area contributed by atoms with Gasteiger partial charge in [-0.15, -0.1) is 0 Å². The third-order valence-corrected chi connectivity index (χ3v) is 9.32. The highest BCUT2D eigenvalue weighted by Gasteiger charge is 2.36. The van der Waals surface area contributed by atoms with E-state index in [4.69, 9.17) is 9.15 Å². The molecule has 1 unspecified atom stereocenters. The molecule has 2 aliphatic heterocycles. The average Bonchev–Trinajstić information content (AvgIpc) is 3.48. The van der Waals surface area contributed by atoms with E-state index in [0.717, 1.165) is 12.8 Å². The van der Waals surface area contributed by atoms with Crippen LogP contribution >= 0.6 is 0 Å². The maximum absolute atomic E-state index is 13.7. The second kappa shape index (κ2) is 10.3. The minimum Gasteiger partial charge on any atom is -0.491 e. The number of piperidine rings is 1. The van der Waals surface area contributed by atoms with Crippen LogP contribution in [-0.2, 0) is 21.9 Å². The SMILES string of the molecule is Cn1c(=O)oc2cc(S(=O)(=O)N3CCC(C(=O)N4CCC(CCOc5ccccc5F)C4)CC3)ccc21. The third kappa shape index (κ3) is 5.15. The number of nitrogens with zero attached hydrogens (tertiary/aromatic N) is 3. The molecule has 0 bridgehead atoms.